The summed E-state index contributed by atoms with van der Waals surface area (Å²) in [6, 6.07) is 0. The Labute approximate surface area is 195 Å². The van der Waals surface area contributed by atoms with Crippen molar-refractivity contribution in [1.82, 2.24) is 0 Å². The van der Waals surface area contributed by atoms with Crippen LogP contribution in [0.15, 0.2) is 0 Å². The van der Waals surface area contributed by atoms with E-state index in [-0.39, 0.29) is 57.1 Å². The number of hydrogen-bond donors (Lipinski definition) is 4. The molecular formula is C27H36O6. The zero-order valence-corrected chi connectivity index (χ0v) is 20.1. The molecule has 0 aliphatic heterocycles. The summed E-state index contributed by atoms with van der Waals surface area (Å²) in [5.41, 5.74) is -1.17. The van der Waals surface area contributed by atoms with Crippen LogP contribution in [0, 0.1) is 46.3 Å². The van der Waals surface area contributed by atoms with Crippen molar-refractivity contribution < 1.29 is 30.0 Å². The lowest BCUT2D eigenvalue weighted by Gasteiger charge is -2.73. The highest BCUT2D eigenvalue weighted by molar-refractivity contribution is 5.95. The maximum atomic E-state index is 11.7. The van der Waals surface area contributed by atoms with Crippen LogP contribution in [0.25, 0.3) is 0 Å². The largest absolute Gasteiger partial charge is 0.507 e. The zero-order chi connectivity index (χ0) is 24.2. The lowest BCUT2D eigenvalue weighted by molar-refractivity contribution is -0.255. The maximum Gasteiger partial charge on any atom is 0.157 e. The van der Waals surface area contributed by atoms with Gasteiger partial charge in [0.2, 0.25) is 0 Å². The Kier molecular flexibility index (Phi) is 4.64. The van der Waals surface area contributed by atoms with Gasteiger partial charge in [-0.1, -0.05) is 27.7 Å². The van der Waals surface area contributed by atoms with Crippen LogP contribution in [-0.2, 0) is 0 Å². The molecule has 0 bridgehead atoms. The normalized spacial score (nSPS) is 42.5. The van der Waals surface area contributed by atoms with Gasteiger partial charge in [-0.3, -0.25) is 9.59 Å². The topological polar surface area (TPSA) is 115 Å². The van der Waals surface area contributed by atoms with Gasteiger partial charge in [-0.05, 0) is 84.9 Å². The maximum absolute atomic E-state index is 11.7. The molecule has 33 heavy (non-hydrogen) atoms. The number of fused-ring (bicyclic) bond motifs is 2. The molecule has 1 aromatic rings. The predicted octanol–water partition coefficient (Wildman–Crippen LogP) is 4.63. The molecule has 0 amide bonds. The Hall–Kier alpha value is -2.08. The Morgan fingerprint density at radius 2 is 1.42 bits per heavy atom. The lowest BCUT2D eigenvalue weighted by atomic mass is 9.32. The first-order chi connectivity index (χ1) is 15.4. The Morgan fingerprint density at radius 1 is 0.879 bits per heavy atom. The summed E-state index contributed by atoms with van der Waals surface area (Å²) in [5, 5.41) is 44.0. The number of aromatic hydroxyl groups is 3. The fourth-order valence-electron chi connectivity index (χ4n) is 9.48. The molecule has 8 atom stereocenters. The molecule has 4 N–H and O–H groups in total. The minimum absolute atomic E-state index is 0.0666. The van der Waals surface area contributed by atoms with Crippen LogP contribution in [0.3, 0.4) is 0 Å². The van der Waals surface area contributed by atoms with Gasteiger partial charge in [-0.2, -0.15) is 0 Å². The van der Waals surface area contributed by atoms with E-state index in [1.54, 1.807) is 0 Å². The minimum Gasteiger partial charge on any atom is -0.507 e. The molecule has 0 aromatic heterocycles. The van der Waals surface area contributed by atoms with Crippen molar-refractivity contribution in [2.24, 2.45) is 46.3 Å². The fraction of sp³-hybridized carbons (Fsp3) is 0.704. The molecule has 2 unspecified atom stereocenters. The van der Waals surface area contributed by atoms with Gasteiger partial charge < -0.3 is 20.4 Å². The van der Waals surface area contributed by atoms with Gasteiger partial charge in [-0.15, -0.1) is 0 Å². The minimum atomic E-state index is -0.771. The van der Waals surface area contributed by atoms with Gasteiger partial charge in [0.05, 0.1) is 16.7 Å². The van der Waals surface area contributed by atoms with Gasteiger partial charge in [0, 0.05) is 5.56 Å². The van der Waals surface area contributed by atoms with Gasteiger partial charge in [0.25, 0.3) is 0 Å². The predicted molar refractivity (Wildman–Crippen MR) is 123 cm³/mol. The summed E-state index contributed by atoms with van der Waals surface area (Å²) in [6.07, 6.45) is 4.19. The van der Waals surface area contributed by atoms with Gasteiger partial charge in [-0.25, -0.2) is 0 Å². The van der Waals surface area contributed by atoms with E-state index in [1.165, 1.54) is 0 Å². The second-order valence-corrected chi connectivity index (χ2v) is 12.4. The standard InChI is InChI=1S/C27H36O6/c1-12(2)19-17(18-22(31)13(10-28)21(30)14(11-29)23(18)32)15-6-8-26(5,33)24-20-16(25(20,3)4)7-9-27(15,19)24/h10-12,15-17,19-20,24,30-33H,6-9H2,1-5H3/t15-,16?,17+,19?,20-,24-,26+,27-/m0/s1. The Bertz CT molecular complexity index is 1000. The average Bonchev–Trinajstić information content (AvgIpc) is 3.27. The fourth-order valence-corrected chi connectivity index (χ4v) is 9.48. The first-order valence-electron chi connectivity index (χ1n) is 12.3. The first kappa shape index (κ1) is 22.7. The van der Waals surface area contributed by atoms with Crippen LogP contribution in [0.2, 0.25) is 0 Å². The average molecular weight is 457 g/mol. The number of carbonyl (C=O) groups is 2. The third-order valence-electron chi connectivity index (χ3n) is 10.5. The molecule has 1 aromatic carbocycles. The highest BCUT2D eigenvalue weighted by atomic mass is 16.3. The van der Waals surface area contributed by atoms with E-state index >= 15 is 0 Å². The molecule has 6 heteroatoms. The molecule has 0 radical (unpaired) electrons. The van der Waals surface area contributed by atoms with Crippen LogP contribution < -0.4 is 0 Å². The third-order valence-corrected chi connectivity index (χ3v) is 10.5. The number of hydrogen-bond acceptors (Lipinski definition) is 6. The summed E-state index contributed by atoms with van der Waals surface area (Å²) in [7, 11) is 0. The molecule has 6 nitrogen and oxygen atoms in total. The van der Waals surface area contributed by atoms with E-state index in [0.29, 0.717) is 30.8 Å². The van der Waals surface area contributed by atoms with E-state index in [1.807, 2.05) is 6.92 Å². The highest BCUT2D eigenvalue weighted by Crippen LogP contribution is 2.83. The molecule has 4 aliphatic rings. The van der Waals surface area contributed by atoms with Gasteiger partial charge in [0.15, 0.2) is 12.6 Å². The van der Waals surface area contributed by atoms with Gasteiger partial charge in [0.1, 0.15) is 17.2 Å². The van der Waals surface area contributed by atoms with Crippen molar-refractivity contribution in [3.8, 4) is 17.2 Å². The number of rotatable bonds is 4. The van der Waals surface area contributed by atoms with Crippen molar-refractivity contribution in [3.63, 3.8) is 0 Å². The highest BCUT2D eigenvalue weighted by Gasteiger charge is 2.79. The smallest absolute Gasteiger partial charge is 0.157 e. The first-order valence-corrected chi connectivity index (χ1v) is 12.3. The molecule has 1 spiro atoms. The van der Waals surface area contributed by atoms with Gasteiger partial charge >= 0.3 is 0 Å². The van der Waals surface area contributed by atoms with E-state index in [2.05, 4.69) is 27.7 Å². The van der Waals surface area contributed by atoms with Crippen LogP contribution in [-0.4, -0.2) is 38.6 Å². The number of aldehydes is 2. The molecule has 4 aliphatic carbocycles. The quantitative estimate of drug-likeness (QED) is 0.491. The number of aliphatic hydroxyl groups is 1. The molecule has 0 saturated heterocycles. The Balaban J connectivity index is 1.70. The SMILES string of the molecule is CC(C)C1[C@@H](c2c(O)c(C=O)c(O)c(C=O)c2O)[C@@H]2CC[C@@](C)(O)[C@@H]3[C@@H]4C(CC[C@]132)C4(C)C. The van der Waals surface area contributed by atoms with Crippen LogP contribution in [0.4, 0.5) is 0 Å². The molecule has 4 saturated carbocycles. The third kappa shape index (κ3) is 2.53. The lowest BCUT2D eigenvalue weighted by Crippen LogP contribution is -2.69. The number of phenols is 3. The summed E-state index contributed by atoms with van der Waals surface area (Å²) in [5.74, 6) is -0.195. The van der Waals surface area contributed by atoms with Crippen molar-refractivity contribution in [3.05, 3.63) is 16.7 Å². The van der Waals surface area contributed by atoms with E-state index in [9.17, 15) is 30.0 Å². The monoisotopic (exact) mass is 456 g/mol. The summed E-state index contributed by atoms with van der Waals surface area (Å²) < 4.78 is 0. The molecule has 5 rings (SSSR count). The zero-order valence-electron chi connectivity index (χ0n) is 20.1. The van der Waals surface area contributed by atoms with Crippen molar-refractivity contribution in [2.45, 2.75) is 71.8 Å². The van der Waals surface area contributed by atoms with Crippen molar-refractivity contribution in [1.29, 1.82) is 0 Å². The molecule has 180 valence electrons. The summed E-state index contributed by atoms with van der Waals surface area (Å²) in [6.45, 7) is 10.9. The second-order valence-electron chi connectivity index (χ2n) is 12.4. The van der Waals surface area contributed by atoms with E-state index < -0.39 is 22.8 Å². The Morgan fingerprint density at radius 3 is 1.94 bits per heavy atom. The summed E-state index contributed by atoms with van der Waals surface area (Å²) >= 11 is 0. The number of phenolic OH excluding ortho intramolecular Hbond substituents is 3. The second kappa shape index (κ2) is 6.74. The van der Waals surface area contributed by atoms with Crippen molar-refractivity contribution >= 4 is 12.6 Å². The van der Waals surface area contributed by atoms with E-state index in [4.69, 9.17) is 0 Å². The summed E-state index contributed by atoms with van der Waals surface area (Å²) in [4.78, 5) is 23.4. The van der Waals surface area contributed by atoms with Crippen LogP contribution in [0.1, 0.15) is 92.5 Å². The number of benzene rings is 1. The molecule has 4 fully saturated rings. The molecular weight excluding hydrogens is 420 g/mol. The molecule has 0 heterocycles. The van der Waals surface area contributed by atoms with Crippen molar-refractivity contribution in [2.75, 3.05) is 0 Å². The van der Waals surface area contributed by atoms with E-state index in [0.717, 1.165) is 19.3 Å². The van der Waals surface area contributed by atoms with Crippen LogP contribution >= 0.6 is 0 Å². The number of carbonyl (C=O) groups excluding carboxylic acids is 2. The van der Waals surface area contributed by atoms with Crippen LogP contribution in [0.5, 0.6) is 17.2 Å².